The molecule has 1 aromatic carbocycles. The van der Waals surface area contributed by atoms with Gasteiger partial charge in [0.05, 0.1) is 5.56 Å². The third kappa shape index (κ3) is 1.68. The predicted molar refractivity (Wildman–Crippen MR) is 62.7 cm³/mol. The fourth-order valence-corrected chi connectivity index (χ4v) is 2.58. The van der Waals surface area contributed by atoms with Crippen LogP contribution in [0.2, 0.25) is 0 Å². The quantitative estimate of drug-likeness (QED) is 0.656. The lowest BCUT2D eigenvalue weighted by molar-refractivity contribution is 0.155. The summed E-state index contributed by atoms with van der Waals surface area (Å²) in [6.07, 6.45) is 3.37. The van der Waals surface area contributed by atoms with Crippen LogP contribution in [0.5, 0.6) is 17.2 Å². The van der Waals surface area contributed by atoms with Gasteiger partial charge in [0.15, 0.2) is 23.1 Å². The first-order valence-corrected chi connectivity index (χ1v) is 6.08. The third-order valence-electron chi connectivity index (χ3n) is 3.66. The van der Waals surface area contributed by atoms with Gasteiger partial charge in [0.2, 0.25) is 6.08 Å². The van der Waals surface area contributed by atoms with E-state index in [0.29, 0.717) is 26.1 Å². The Bertz CT molecular complexity index is 576. The van der Waals surface area contributed by atoms with Gasteiger partial charge in [0.25, 0.3) is 0 Å². The molecule has 0 spiro atoms. The summed E-state index contributed by atoms with van der Waals surface area (Å²) in [6.45, 7) is 0.632. The normalized spacial score (nSPS) is 19.2. The van der Waals surface area contributed by atoms with Crippen molar-refractivity contribution in [1.82, 2.24) is 0 Å². The summed E-state index contributed by atoms with van der Waals surface area (Å²) in [5, 5.41) is 9.66. The van der Waals surface area contributed by atoms with Gasteiger partial charge >= 0.3 is 0 Å². The monoisotopic (exact) mass is 265 g/mol. The maximum Gasteiger partial charge on any atom is 0.235 e. The van der Waals surface area contributed by atoms with Crippen molar-refractivity contribution in [2.45, 2.75) is 24.8 Å². The number of aromatic hydroxyl groups is 1. The zero-order valence-corrected chi connectivity index (χ0v) is 10.1. The Balaban J connectivity index is 2.24. The SMILES string of the molecule is O=C=NC1(c2c(F)c(O)cc3c2OCCO3)CCC1. The van der Waals surface area contributed by atoms with Crippen LogP contribution in [0.1, 0.15) is 24.8 Å². The number of nitrogens with zero attached hydrogens (tertiary/aromatic N) is 1. The average molecular weight is 265 g/mol. The summed E-state index contributed by atoms with van der Waals surface area (Å²) >= 11 is 0. The highest BCUT2D eigenvalue weighted by molar-refractivity contribution is 5.57. The minimum atomic E-state index is -0.977. The summed E-state index contributed by atoms with van der Waals surface area (Å²) in [5.41, 5.74) is -0.869. The van der Waals surface area contributed by atoms with Crippen LogP contribution >= 0.6 is 0 Å². The molecule has 1 aliphatic heterocycles. The Labute approximate surface area is 108 Å². The topological polar surface area (TPSA) is 68.1 Å². The smallest absolute Gasteiger partial charge is 0.235 e. The minimum absolute atomic E-state index is 0.108. The van der Waals surface area contributed by atoms with Gasteiger partial charge in [-0.2, -0.15) is 4.99 Å². The first-order valence-electron chi connectivity index (χ1n) is 6.08. The molecule has 0 atom stereocenters. The summed E-state index contributed by atoms with van der Waals surface area (Å²) in [4.78, 5) is 14.4. The number of hydrogen-bond acceptors (Lipinski definition) is 5. The van der Waals surface area contributed by atoms with Crippen molar-refractivity contribution < 1.29 is 23.8 Å². The Kier molecular flexibility index (Phi) is 2.68. The molecule has 3 rings (SSSR count). The zero-order valence-electron chi connectivity index (χ0n) is 10.1. The number of aliphatic imine (C=N–C) groups is 1. The molecule has 1 aromatic rings. The highest BCUT2D eigenvalue weighted by atomic mass is 19.1. The van der Waals surface area contributed by atoms with E-state index in [-0.39, 0.29) is 17.1 Å². The number of carbonyl (C=O) groups excluding carboxylic acids is 1. The number of phenolic OH excluding ortho intramolecular Hbond substituents is 1. The molecule has 1 fully saturated rings. The molecule has 0 aromatic heterocycles. The van der Waals surface area contributed by atoms with E-state index < -0.39 is 17.1 Å². The number of rotatable bonds is 2. The van der Waals surface area contributed by atoms with Gasteiger partial charge < -0.3 is 14.6 Å². The average Bonchev–Trinajstić information content (AvgIpc) is 2.36. The maximum atomic E-state index is 14.3. The van der Waals surface area contributed by atoms with Crippen molar-refractivity contribution in [2.75, 3.05) is 13.2 Å². The highest BCUT2D eigenvalue weighted by Crippen LogP contribution is 2.53. The number of hydrogen-bond donors (Lipinski definition) is 1. The van der Waals surface area contributed by atoms with Crippen molar-refractivity contribution in [2.24, 2.45) is 4.99 Å². The molecule has 0 radical (unpaired) electrons. The molecule has 19 heavy (non-hydrogen) atoms. The number of isocyanates is 1. The van der Waals surface area contributed by atoms with Crippen LogP contribution in [0.25, 0.3) is 0 Å². The molecule has 100 valence electrons. The molecule has 1 aliphatic carbocycles. The van der Waals surface area contributed by atoms with E-state index in [0.717, 1.165) is 6.42 Å². The number of benzene rings is 1. The van der Waals surface area contributed by atoms with Gasteiger partial charge in [-0.25, -0.2) is 9.18 Å². The molecule has 0 amide bonds. The summed E-state index contributed by atoms with van der Waals surface area (Å²) < 4.78 is 25.1. The molecular weight excluding hydrogens is 253 g/mol. The lowest BCUT2D eigenvalue weighted by atomic mass is 9.71. The van der Waals surface area contributed by atoms with E-state index >= 15 is 0 Å². The van der Waals surface area contributed by atoms with Gasteiger partial charge in [-0.3, -0.25) is 0 Å². The van der Waals surface area contributed by atoms with Crippen LogP contribution in [-0.4, -0.2) is 24.4 Å². The van der Waals surface area contributed by atoms with E-state index in [2.05, 4.69) is 4.99 Å². The molecule has 0 unspecified atom stereocenters. The van der Waals surface area contributed by atoms with Gasteiger partial charge in [0, 0.05) is 6.07 Å². The van der Waals surface area contributed by atoms with E-state index in [1.165, 1.54) is 12.1 Å². The van der Waals surface area contributed by atoms with Gasteiger partial charge in [0.1, 0.15) is 18.8 Å². The Hall–Kier alpha value is -2.07. The second-order valence-corrected chi connectivity index (χ2v) is 4.70. The Morgan fingerprint density at radius 2 is 2.11 bits per heavy atom. The zero-order chi connectivity index (χ0) is 13.5. The second-order valence-electron chi connectivity index (χ2n) is 4.70. The fourth-order valence-electron chi connectivity index (χ4n) is 2.58. The molecule has 6 heteroatoms. The molecule has 1 heterocycles. The number of halogens is 1. The van der Waals surface area contributed by atoms with Crippen molar-refractivity contribution in [1.29, 1.82) is 0 Å². The third-order valence-corrected chi connectivity index (χ3v) is 3.66. The van der Waals surface area contributed by atoms with Gasteiger partial charge in [-0.15, -0.1) is 0 Å². The van der Waals surface area contributed by atoms with Crippen molar-refractivity contribution in [3.8, 4) is 17.2 Å². The standard InChI is InChI=1S/C13H12FNO4/c14-11-8(17)6-9-12(19-5-4-18-9)10(11)13(15-7-16)2-1-3-13/h6,17H,1-5H2. The van der Waals surface area contributed by atoms with Crippen LogP contribution in [0.3, 0.4) is 0 Å². The summed E-state index contributed by atoms with van der Waals surface area (Å²) in [6, 6.07) is 1.18. The molecule has 1 N–H and O–H groups in total. The van der Waals surface area contributed by atoms with Crippen LogP contribution in [-0.2, 0) is 10.3 Å². The van der Waals surface area contributed by atoms with Crippen molar-refractivity contribution in [3.63, 3.8) is 0 Å². The van der Waals surface area contributed by atoms with E-state index in [9.17, 15) is 14.3 Å². The lowest BCUT2D eigenvalue weighted by Gasteiger charge is -2.39. The number of ether oxygens (including phenoxy) is 2. The summed E-state index contributed by atoms with van der Waals surface area (Å²) in [7, 11) is 0. The molecule has 0 saturated heterocycles. The first-order chi connectivity index (χ1) is 9.18. The van der Waals surface area contributed by atoms with E-state index in [1.807, 2.05) is 0 Å². The lowest BCUT2D eigenvalue weighted by Crippen LogP contribution is -2.34. The van der Waals surface area contributed by atoms with Crippen molar-refractivity contribution in [3.05, 3.63) is 17.4 Å². The van der Waals surface area contributed by atoms with E-state index in [4.69, 9.17) is 9.47 Å². The number of fused-ring (bicyclic) bond motifs is 1. The highest BCUT2D eigenvalue weighted by Gasteiger charge is 2.45. The fraction of sp³-hybridized carbons (Fsp3) is 0.462. The molecule has 2 aliphatic rings. The van der Waals surface area contributed by atoms with Crippen LogP contribution in [0, 0.1) is 5.82 Å². The van der Waals surface area contributed by atoms with Gasteiger partial charge in [-0.05, 0) is 19.3 Å². The van der Waals surface area contributed by atoms with Crippen molar-refractivity contribution >= 4 is 6.08 Å². The number of phenols is 1. The summed E-state index contributed by atoms with van der Waals surface area (Å²) in [5.74, 6) is -0.803. The second kappa shape index (κ2) is 4.24. The van der Waals surface area contributed by atoms with E-state index in [1.54, 1.807) is 0 Å². The largest absolute Gasteiger partial charge is 0.505 e. The first kappa shape index (κ1) is 12.0. The molecule has 0 bridgehead atoms. The van der Waals surface area contributed by atoms with Crippen LogP contribution < -0.4 is 9.47 Å². The molecule has 1 saturated carbocycles. The minimum Gasteiger partial charge on any atom is -0.505 e. The van der Waals surface area contributed by atoms with Crippen LogP contribution in [0.15, 0.2) is 11.1 Å². The molecule has 5 nitrogen and oxygen atoms in total. The maximum absolute atomic E-state index is 14.3. The van der Waals surface area contributed by atoms with Crippen LogP contribution in [0.4, 0.5) is 4.39 Å². The Morgan fingerprint density at radius 1 is 1.37 bits per heavy atom. The van der Waals surface area contributed by atoms with Gasteiger partial charge in [-0.1, -0.05) is 0 Å². The molecular formula is C13H12FNO4. The Morgan fingerprint density at radius 3 is 2.74 bits per heavy atom. The predicted octanol–water partition coefficient (Wildman–Crippen LogP) is 2.02.